The molecule has 7 heteroatoms. The highest BCUT2D eigenvalue weighted by Crippen LogP contribution is 2.71. The third-order valence-electron chi connectivity index (χ3n) is 3.48. The van der Waals surface area contributed by atoms with Crippen LogP contribution < -0.4 is 0 Å². The number of aliphatic carboxylic acids is 1. The Labute approximate surface area is 131 Å². The van der Waals surface area contributed by atoms with Crippen LogP contribution in [0.4, 0.5) is 0 Å². The summed E-state index contributed by atoms with van der Waals surface area (Å²) in [5.74, 6) is -1.25. The van der Waals surface area contributed by atoms with Crippen molar-refractivity contribution in [3.05, 3.63) is 30.1 Å². The van der Waals surface area contributed by atoms with Crippen molar-refractivity contribution in [2.24, 2.45) is 5.41 Å². The van der Waals surface area contributed by atoms with Crippen molar-refractivity contribution in [1.29, 1.82) is 0 Å². The van der Waals surface area contributed by atoms with Crippen LogP contribution in [0.3, 0.4) is 0 Å². The highest BCUT2D eigenvalue weighted by atomic mass is 31.2. The van der Waals surface area contributed by atoms with Crippen molar-refractivity contribution < 1.29 is 23.5 Å². The number of aromatic nitrogens is 1. The fourth-order valence-corrected chi connectivity index (χ4v) is 5.36. The topological polar surface area (TPSA) is 85.7 Å². The summed E-state index contributed by atoms with van der Waals surface area (Å²) < 4.78 is 24.3. The van der Waals surface area contributed by atoms with Gasteiger partial charge >= 0.3 is 13.6 Å². The van der Waals surface area contributed by atoms with Crippen LogP contribution in [-0.4, -0.2) is 29.3 Å². The lowest BCUT2D eigenvalue weighted by molar-refractivity contribution is -0.144. The summed E-state index contributed by atoms with van der Waals surface area (Å²) in [6, 6.07) is 3.21. The average Bonchev–Trinajstić information content (AvgIpc) is 2.38. The van der Waals surface area contributed by atoms with E-state index in [-0.39, 0.29) is 13.2 Å². The fourth-order valence-electron chi connectivity index (χ4n) is 2.71. The van der Waals surface area contributed by atoms with Gasteiger partial charge in [0.1, 0.15) is 0 Å². The Morgan fingerprint density at radius 3 is 2.14 bits per heavy atom. The zero-order valence-corrected chi connectivity index (χ0v) is 14.6. The number of hydrogen-bond donors (Lipinski definition) is 1. The Balaban J connectivity index is 3.79. The molecule has 1 rings (SSSR count). The zero-order chi connectivity index (χ0) is 17.0. The zero-order valence-electron chi connectivity index (χ0n) is 13.7. The standard InChI is InChI=1S/C15H24NO5P/c1-6-20-22(19,21-7-2)15(13(17)18,14(3,4)5)12-9-8-10-16-11-12/h8-11H,6-7H2,1-5H3,(H,17,18). The molecule has 1 N–H and O–H groups in total. The number of carboxylic acid groups (broad SMARTS) is 1. The van der Waals surface area contributed by atoms with E-state index in [9.17, 15) is 14.5 Å². The van der Waals surface area contributed by atoms with E-state index in [0.717, 1.165) is 0 Å². The second-order valence-corrected chi connectivity index (χ2v) is 8.02. The van der Waals surface area contributed by atoms with Gasteiger partial charge in [0.25, 0.3) is 0 Å². The average molecular weight is 329 g/mol. The van der Waals surface area contributed by atoms with Crippen molar-refractivity contribution in [3.63, 3.8) is 0 Å². The lowest BCUT2D eigenvalue weighted by atomic mass is 9.76. The fraction of sp³-hybridized carbons (Fsp3) is 0.600. The highest BCUT2D eigenvalue weighted by Gasteiger charge is 2.65. The van der Waals surface area contributed by atoms with Gasteiger partial charge < -0.3 is 14.2 Å². The van der Waals surface area contributed by atoms with Crippen molar-refractivity contribution >= 4 is 13.6 Å². The largest absolute Gasteiger partial charge is 0.480 e. The minimum absolute atomic E-state index is 0.0860. The van der Waals surface area contributed by atoms with Crippen LogP contribution >= 0.6 is 7.60 Å². The van der Waals surface area contributed by atoms with Crippen LogP contribution in [0, 0.1) is 5.41 Å². The summed E-state index contributed by atoms with van der Waals surface area (Å²) in [4.78, 5) is 16.3. The van der Waals surface area contributed by atoms with E-state index in [2.05, 4.69) is 4.98 Å². The molecule has 0 saturated carbocycles. The number of pyridine rings is 1. The van der Waals surface area contributed by atoms with Crippen molar-refractivity contribution in [3.8, 4) is 0 Å². The molecule has 0 aliphatic carbocycles. The highest BCUT2D eigenvalue weighted by molar-refractivity contribution is 7.56. The lowest BCUT2D eigenvalue weighted by Gasteiger charge is -2.44. The van der Waals surface area contributed by atoms with Gasteiger partial charge in [0.15, 0.2) is 5.16 Å². The Hall–Kier alpha value is -1.23. The van der Waals surface area contributed by atoms with Gasteiger partial charge in [0, 0.05) is 18.0 Å². The smallest absolute Gasteiger partial charge is 0.352 e. The molecule has 22 heavy (non-hydrogen) atoms. The molecule has 0 aliphatic rings. The van der Waals surface area contributed by atoms with E-state index in [1.54, 1.807) is 46.8 Å². The molecule has 0 bridgehead atoms. The molecule has 0 fully saturated rings. The first-order chi connectivity index (χ1) is 10.2. The summed E-state index contributed by atoms with van der Waals surface area (Å²) in [6.45, 7) is 8.61. The van der Waals surface area contributed by atoms with Gasteiger partial charge in [-0.1, -0.05) is 26.8 Å². The number of nitrogens with zero attached hydrogens (tertiary/aromatic N) is 1. The maximum Gasteiger partial charge on any atom is 0.352 e. The van der Waals surface area contributed by atoms with Gasteiger partial charge in [-0.15, -0.1) is 0 Å². The van der Waals surface area contributed by atoms with Gasteiger partial charge in [-0.05, 0) is 25.3 Å². The third kappa shape index (κ3) is 2.96. The molecule has 1 atom stereocenters. The van der Waals surface area contributed by atoms with Gasteiger partial charge in [0.05, 0.1) is 13.2 Å². The Kier molecular flexibility index (Phi) is 5.90. The van der Waals surface area contributed by atoms with E-state index in [1.807, 2.05) is 0 Å². The molecular formula is C15H24NO5P. The number of carbonyl (C=O) groups is 1. The lowest BCUT2D eigenvalue weighted by Crippen LogP contribution is -2.48. The molecular weight excluding hydrogens is 305 g/mol. The predicted molar refractivity (Wildman–Crippen MR) is 83.9 cm³/mol. The van der Waals surface area contributed by atoms with E-state index >= 15 is 0 Å². The quantitative estimate of drug-likeness (QED) is 0.768. The molecule has 1 unspecified atom stereocenters. The van der Waals surface area contributed by atoms with Crippen LogP contribution in [0.15, 0.2) is 24.5 Å². The van der Waals surface area contributed by atoms with Crippen molar-refractivity contribution in [1.82, 2.24) is 4.98 Å². The first kappa shape index (κ1) is 18.8. The molecule has 0 saturated heterocycles. The van der Waals surface area contributed by atoms with Crippen LogP contribution in [-0.2, 0) is 23.6 Å². The van der Waals surface area contributed by atoms with Crippen LogP contribution in [0.1, 0.15) is 40.2 Å². The first-order valence-corrected chi connectivity index (χ1v) is 8.74. The van der Waals surface area contributed by atoms with Crippen molar-refractivity contribution in [2.45, 2.75) is 39.8 Å². The second-order valence-electron chi connectivity index (χ2n) is 5.84. The van der Waals surface area contributed by atoms with Gasteiger partial charge in [-0.3, -0.25) is 14.3 Å². The summed E-state index contributed by atoms with van der Waals surface area (Å²) in [6.07, 6.45) is 2.94. The Morgan fingerprint density at radius 1 is 1.27 bits per heavy atom. The molecule has 1 aromatic rings. The minimum atomic E-state index is -4.00. The van der Waals surface area contributed by atoms with E-state index in [0.29, 0.717) is 5.56 Å². The summed E-state index contributed by atoms with van der Waals surface area (Å²) in [7, 11) is -4.00. The van der Waals surface area contributed by atoms with Crippen LogP contribution in [0.5, 0.6) is 0 Å². The Morgan fingerprint density at radius 2 is 1.82 bits per heavy atom. The van der Waals surface area contributed by atoms with Gasteiger partial charge in [0.2, 0.25) is 0 Å². The minimum Gasteiger partial charge on any atom is -0.480 e. The summed E-state index contributed by atoms with van der Waals surface area (Å²) >= 11 is 0. The van der Waals surface area contributed by atoms with E-state index in [4.69, 9.17) is 9.05 Å². The molecule has 1 heterocycles. The molecule has 0 amide bonds. The van der Waals surface area contributed by atoms with E-state index < -0.39 is 24.1 Å². The maximum atomic E-state index is 13.5. The number of rotatable bonds is 7. The molecule has 0 aliphatic heterocycles. The number of carboxylic acids is 1. The molecule has 0 aromatic carbocycles. The SMILES string of the molecule is CCOP(=O)(OCC)C(C(=O)O)(c1cccnc1)C(C)(C)C. The predicted octanol–water partition coefficient (Wildman–Crippen LogP) is 3.67. The molecule has 6 nitrogen and oxygen atoms in total. The molecule has 0 spiro atoms. The molecule has 0 radical (unpaired) electrons. The monoisotopic (exact) mass is 329 g/mol. The van der Waals surface area contributed by atoms with Crippen LogP contribution in [0.2, 0.25) is 0 Å². The van der Waals surface area contributed by atoms with Gasteiger partial charge in [-0.2, -0.15) is 0 Å². The normalized spacial score (nSPS) is 15.3. The molecule has 1 aromatic heterocycles. The van der Waals surface area contributed by atoms with Gasteiger partial charge in [-0.25, -0.2) is 0 Å². The number of hydrogen-bond acceptors (Lipinski definition) is 5. The molecule has 124 valence electrons. The third-order valence-corrected chi connectivity index (χ3v) is 6.62. The van der Waals surface area contributed by atoms with E-state index in [1.165, 1.54) is 12.4 Å². The summed E-state index contributed by atoms with van der Waals surface area (Å²) in [5, 5.41) is 8.19. The van der Waals surface area contributed by atoms with Crippen LogP contribution in [0.25, 0.3) is 0 Å². The van der Waals surface area contributed by atoms with Crippen molar-refractivity contribution in [2.75, 3.05) is 13.2 Å². The summed E-state index contributed by atoms with van der Waals surface area (Å²) in [5.41, 5.74) is -0.623. The Bertz CT molecular complexity index is 545. The first-order valence-electron chi connectivity index (χ1n) is 7.20. The maximum absolute atomic E-state index is 13.5. The second kappa shape index (κ2) is 6.90.